The van der Waals surface area contributed by atoms with Crippen molar-refractivity contribution in [3.8, 4) is 0 Å². The Kier molecular flexibility index (Phi) is 7.31. The molecule has 1 aromatic heterocycles. The van der Waals surface area contributed by atoms with Crippen molar-refractivity contribution < 1.29 is 23.9 Å². The maximum atomic E-state index is 13.3. The zero-order chi connectivity index (χ0) is 24.3. The third kappa shape index (κ3) is 6.43. The van der Waals surface area contributed by atoms with E-state index in [2.05, 4.69) is 15.6 Å². The van der Waals surface area contributed by atoms with Crippen LogP contribution < -0.4 is 10.6 Å². The summed E-state index contributed by atoms with van der Waals surface area (Å²) in [4.78, 5) is 44.2. The molecule has 3 rings (SSSR count). The molecule has 182 valence electrons. The fourth-order valence-corrected chi connectivity index (χ4v) is 4.31. The van der Waals surface area contributed by atoms with Crippen molar-refractivity contribution in [3.63, 3.8) is 0 Å². The summed E-state index contributed by atoms with van der Waals surface area (Å²) in [5, 5.41) is 5.79. The van der Waals surface area contributed by atoms with E-state index in [0.717, 1.165) is 5.56 Å². The number of piperidine rings is 1. The lowest BCUT2D eigenvalue weighted by molar-refractivity contribution is -0.166. The highest BCUT2D eigenvalue weighted by molar-refractivity contribution is 5.89. The second-order valence-electron chi connectivity index (χ2n) is 10.8. The van der Waals surface area contributed by atoms with Gasteiger partial charge in [-0.2, -0.15) is 0 Å². The highest BCUT2D eigenvalue weighted by Crippen LogP contribution is 2.39. The van der Waals surface area contributed by atoms with Gasteiger partial charge in [-0.15, -0.1) is 0 Å². The highest BCUT2D eigenvalue weighted by atomic mass is 16.6. The topological polar surface area (TPSA) is 110 Å². The van der Waals surface area contributed by atoms with Gasteiger partial charge in [0.05, 0.1) is 18.6 Å². The molecular formula is C24H36N4O5. The van der Waals surface area contributed by atoms with Crippen molar-refractivity contribution in [2.75, 3.05) is 26.3 Å². The van der Waals surface area contributed by atoms with Crippen LogP contribution in [0.15, 0.2) is 24.5 Å². The van der Waals surface area contributed by atoms with Crippen LogP contribution in [0.25, 0.3) is 0 Å². The summed E-state index contributed by atoms with van der Waals surface area (Å²) in [5.74, 6) is -0.244. The van der Waals surface area contributed by atoms with Crippen LogP contribution >= 0.6 is 0 Å². The van der Waals surface area contributed by atoms with Gasteiger partial charge in [-0.05, 0) is 44.2 Å². The third-order valence-corrected chi connectivity index (χ3v) is 6.12. The molecular weight excluding hydrogens is 424 g/mol. The van der Waals surface area contributed by atoms with Crippen LogP contribution in [-0.4, -0.2) is 65.7 Å². The van der Waals surface area contributed by atoms with Gasteiger partial charge < -0.3 is 25.0 Å². The Bertz CT molecular complexity index is 861. The first-order valence-electron chi connectivity index (χ1n) is 11.4. The first-order chi connectivity index (χ1) is 15.4. The van der Waals surface area contributed by atoms with Crippen LogP contribution in [0.4, 0.5) is 4.79 Å². The van der Waals surface area contributed by atoms with E-state index < -0.39 is 28.6 Å². The van der Waals surface area contributed by atoms with Gasteiger partial charge in [0.25, 0.3) is 0 Å². The van der Waals surface area contributed by atoms with Crippen LogP contribution in [0.2, 0.25) is 0 Å². The number of likely N-dealkylation sites (tertiary alicyclic amines) is 1. The van der Waals surface area contributed by atoms with Crippen LogP contribution in [0.1, 0.15) is 53.0 Å². The van der Waals surface area contributed by atoms with Crippen molar-refractivity contribution in [1.82, 2.24) is 20.5 Å². The van der Waals surface area contributed by atoms with Crippen molar-refractivity contribution in [2.45, 2.75) is 65.6 Å². The normalized spacial score (nSPS) is 21.7. The molecule has 1 unspecified atom stereocenters. The van der Waals surface area contributed by atoms with Gasteiger partial charge in [0.2, 0.25) is 11.8 Å². The fourth-order valence-electron chi connectivity index (χ4n) is 4.31. The summed E-state index contributed by atoms with van der Waals surface area (Å²) in [6.45, 7) is 11.2. The minimum Gasteiger partial charge on any atom is -0.444 e. The average molecular weight is 461 g/mol. The zero-order valence-corrected chi connectivity index (χ0v) is 20.3. The molecule has 2 saturated heterocycles. The largest absolute Gasteiger partial charge is 0.444 e. The first kappa shape index (κ1) is 25.0. The molecule has 0 saturated carbocycles. The van der Waals surface area contributed by atoms with Crippen molar-refractivity contribution in [3.05, 3.63) is 30.1 Å². The molecule has 2 aliphatic rings. The van der Waals surface area contributed by atoms with E-state index >= 15 is 0 Å². The molecule has 2 fully saturated rings. The minimum absolute atomic E-state index is 0.0561. The Morgan fingerprint density at radius 1 is 1.27 bits per heavy atom. The number of amides is 3. The number of nitrogens with one attached hydrogen (secondary N) is 2. The SMILES string of the molecule is CC(C)(C)OC(=O)NCC1(CN2C(=O)CCC(C)(C)C2C(=O)NCc2cccnc2)COC1. The van der Waals surface area contributed by atoms with E-state index in [9.17, 15) is 14.4 Å². The molecule has 0 bridgehead atoms. The van der Waals surface area contributed by atoms with Gasteiger partial charge in [-0.3, -0.25) is 14.6 Å². The Hall–Kier alpha value is -2.68. The zero-order valence-electron chi connectivity index (χ0n) is 20.3. The number of carbonyl (C=O) groups is 3. The summed E-state index contributed by atoms with van der Waals surface area (Å²) in [5.41, 5.74) is -0.556. The van der Waals surface area contributed by atoms with E-state index in [4.69, 9.17) is 9.47 Å². The molecule has 1 aromatic rings. The number of nitrogens with zero attached hydrogens (tertiary/aromatic N) is 2. The van der Waals surface area contributed by atoms with Crippen LogP contribution in [0.5, 0.6) is 0 Å². The molecule has 0 spiro atoms. The molecule has 2 aliphatic heterocycles. The Morgan fingerprint density at radius 3 is 2.58 bits per heavy atom. The molecule has 33 heavy (non-hydrogen) atoms. The summed E-state index contributed by atoms with van der Waals surface area (Å²) >= 11 is 0. The van der Waals surface area contributed by atoms with E-state index in [1.807, 2.05) is 26.0 Å². The van der Waals surface area contributed by atoms with E-state index in [0.29, 0.717) is 45.7 Å². The first-order valence-corrected chi connectivity index (χ1v) is 11.4. The summed E-state index contributed by atoms with van der Waals surface area (Å²) < 4.78 is 10.8. The van der Waals surface area contributed by atoms with Crippen molar-refractivity contribution in [1.29, 1.82) is 0 Å². The second-order valence-corrected chi connectivity index (χ2v) is 10.8. The third-order valence-electron chi connectivity index (χ3n) is 6.12. The number of hydrogen-bond donors (Lipinski definition) is 2. The Morgan fingerprint density at radius 2 is 2.00 bits per heavy atom. The number of carbonyl (C=O) groups excluding carboxylic acids is 3. The maximum Gasteiger partial charge on any atom is 0.407 e. The van der Waals surface area contributed by atoms with E-state index in [1.165, 1.54) is 0 Å². The maximum absolute atomic E-state index is 13.3. The quantitative estimate of drug-likeness (QED) is 0.646. The summed E-state index contributed by atoms with van der Waals surface area (Å²) in [7, 11) is 0. The average Bonchev–Trinajstić information content (AvgIpc) is 2.70. The predicted molar refractivity (Wildman–Crippen MR) is 122 cm³/mol. The minimum atomic E-state index is -0.616. The number of pyridine rings is 1. The summed E-state index contributed by atoms with van der Waals surface area (Å²) in [6.07, 6.45) is 3.90. The second kappa shape index (κ2) is 9.67. The monoisotopic (exact) mass is 460 g/mol. The number of alkyl carbamates (subject to hydrolysis) is 1. The van der Waals surface area contributed by atoms with Crippen molar-refractivity contribution in [2.24, 2.45) is 10.8 Å². The Balaban J connectivity index is 1.71. The smallest absolute Gasteiger partial charge is 0.407 e. The molecule has 0 radical (unpaired) electrons. The summed E-state index contributed by atoms with van der Waals surface area (Å²) in [6, 6.07) is 3.10. The van der Waals surface area contributed by atoms with Gasteiger partial charge in [-0.25, -0.2) is 4.79 Å². The van der Waals surface area contributed by atoms with Gasteiger partial charge in [0.15, 0.2) is 0 Å². The Labute approximate surface area is 195 Å². The van der Waals surface area contributed by atoms with E-state index in [-0.39, 0.29) is 11.8 Å². The van der Waals surface area contributed by atoms with Crippen LogP contribution in [-0.2, 0) is 25.6 Å². The van der Waals surface area contributed by atoms with Gasteiger partial charge in [-0.1, -0.05) is 19.9 Å². The molecule has 9 heteroatoms. The van der Waals surface area contributed by atoms with Crippen molar-refractivity contribution >= 4 is 17.9 Å². The van der Waals surface area contributed by atoms with Crippen LogP contribution in [0, 0.1) is 10.8 Å². The molecule has 9 nitrogen and oxygen atoms in total. The van der Waals surface area contributed by atoms with Gasteiger partial charge >= 0.3 is 6.09 Å². The van der Waals surface area contributed by atoms with Crippen LogP contribution in [0.3, 0.4) is 0 Å². The molecule has 0 aliphatic carbocycles. The van der Waals surface area contributed by atoms with Gasteiger partial charge in [0, 0.05) is 38.4 Å². The molecule has 1 atom stereocenters. The number of rotatable bonds is 7. The lowest BCUT2D eigenvalue weighted by Gasteiger charge is -2.51. The van der Waals surface area contributed by atoms with E-state index in [1.54, 1.807) is 38.1 Å². The number of hydrogen-bond acceptors (Lipinski definition) is 6. The number of aromatic nitrogens is 1. The van der Waals surface area contributed by atoms with Gasteiger partial charge in [0.1, 0.15) is 11.6 Å². The molecule has 0 aromatic carbocycles. The fraction of sp³-hybridized carbons (Fsp3) is 0.667. The molecule has 3 heterocycles. The highest BCUT2D eigenvalue weighted by Gasteiger charge is 2.50. The molecule has 3 amide bonds. The standard InChI is InChI=1S/C24H36N4O5/c1-22(2,3)33-21(31)27-13-24(15-32-16-24)14-28-18(29)8-9-23(4,5)19(28)20(30)26-12-17-7-6-10-25-11-17/h6-7,10-11,19H,8-9,12-16H2,1-5H3,(H,26,30)(H,27,31). The molecule has 2 N–H and O–H groups in total. The lowest BCUT2D eigenvalue weighted by atomic mass is 9.74. The number of ether oxygens (including phenoxy) is 2. The lowest BCUT2D eigenvalue weighted by Crippen LogP contribution is -2.65. The predicted octanol–water partition coefficient (Wildman–Crippen LogP) is 2.26.